The molecular formula is C13H26N2O2. The summed E-state index contributed by atoms with van der Waals surface area (Å²) in [4.78, 5) is 2.62. The molecule has 0 spiro atoms. The van der Waals surface area contributed by atoms with E-state index in [2.05, 4.69) is 17.1 Å². The van der Waals surface area contributed by atoms with E-state index < -0.39 is 0 Å². The van der Waals surface area contributed by atoms with Gasteiger partial charge < -0.3 is 14.8 Å². The number of ether oxygens (including phenoxy) is 2. The monoisotopic (exact) mass is 242 g/mol. The third kappa shape index (κ3) is 4.21. The molecule has 1 aliphatic heterocycles. The lowest BCUT2D eigenvalue weighted by molar-refractivity contribution is 0.0367. The minimum Gasteiger partial charge on any atom is -0.382 e. The van der Waals surface area contributed by atoms with Gasteiger partial charge in [-0.1, -0.05) is 0 Å². The van der Waals surface area contributed by atoms with E-state index in [1.54, 1.807) is 7.11 Å². The van der Waals surface area contributed by atoms with Gasteiger partial charge in [-0.15, -0.1) is 0 Å². The lowest BCUT2D eigenvalue weighted by atomic mass is 10.1. The predicted octanol–water partition coefficient (Wildman–Crippen LogP) is 0.722. The van der Waals surface area contributed by atoms with Crippen molar-refractivity contribution in [1.82, 2.24) is 10.2 Å². The minimum atomic E-state index is 0.615. The number of rotatable bonds is 7. The molecule has 2 aliphatic rings. The highest BCUT2D eigenvalue weighted by Gasteiger charge is 2.37. The van der Waals surface area contributed by atoms with Crippen LogP contribution < -0.4 is 5.32 Å². The number of hydrogen-bond donors (Lipinski definition) is 1. The van der Waals surface area contributed by atoms with Crippen LogP contribution in [0.4, 0.5) is 0 Å². The summed E-state index contributed by atoms with van der Waals surface area (Å²) in [7, 11) is 1.71. The van der Waals surface area contributed by atoms with Crippen LogP contribution in [-0.2, 0) is 9.47 Å². The van der Waals surface area contributed by atoms with Crippen molar-refractivity contribution >= 4 is 0 Å². The maximum Gasteiger partial charge on any atom is 0.0700 e. The molecule has 17 heavy (non-hydrogen) atoms. The van der Waals surface area contributed by atoms with E-state index in [4.69, 9.17) is 9.47 Å². The molecule has 0 aromatic carbocycles. The van der Waals surface area contributed by atoms with Crippen LogP contribution in [-0.4, -0.2) is 63.5 Å². The van der Waals surface area contributed by atoms with Crippen LogP contribution in [0.25, 0.3) is 0 Å². The fourth-order valence-electron chi connectivity index (χ4n) is 2.63. The Bertz CT molecular complexity index is 221. The highest BCUT2D eigenvalue weighted by Crippen LogP contribution is 2.36. The first-order valence-corrected chi connectivity index (χ1v) is 6.85. The van der Waals surface area contributed by atoms with Gasteiger partial charge in [0.1, 0.15) is 0 Å². The Morgan fingerprint density at radius 2 is 2.06 bits per heavy atom. The van der Waals surface area contributed by atoms with E-state index in [1.807, 2.05) is 0 Å². The van der Waals surface area contributed by atoms with Crippen molar-refractivity contribution in [1.29, 1.82) is 0 Å². The summed E-state index contributed by atoms with van der Waals surface area (Å²) in [6, 6.07) is 1.36. The molecule has 1 N–H and O–H groups in total. The second-order valence-corrected chi connectivity index (χ2v) is 5.31. The highest BCUT2D eigenvalue weighted by atomic mass is 16.5. The van der Waals surface area contributed by atoms with E-state index in [-0.39, 0.29) is 0 Å². The summed E-state index contributed by atoms with van der Waals surface area (Å²) in [6.45, 7) is 7.90. The molecule has 2 atom stereocenters. The first kappa shape index (κ1) is 13.3. The van der Waals surface area contributed by atoms with E-state index in [1.165, 1.54) is 12.8 Å². The number of nitrogens with zero attached hydrogens (tertiary/aromatic N) is 1. The van der Waals surface area contributed by atoms with Gasteiger partial charge in [0.15, 0.2) is 0 Å². The molecule has 2 unspecified atom stereocenters. The molecule has 2 fully saturated rings. The zero-order valence-electron chi connectivity index (χ0n) is 11.2. The van der Waals surface area contributed by atoms with Gasteiger partial charge in [0.25, 0.3) is 0 Å². The molecule has 0 aromatic heterocycles. The van der Waals surface area contributed by atoms with Gasteiger partial charge in [0.05, 0.1) is 19.8 Å². The Morgan fingerprint density at radius 1 is 1.24 bits per heavy atom. The van der Waals surface area contributed by atoms with Crippen molar-refractivity contribution < 1.29 is 9.47 Å². The third-order valence-electron chi connectivity index (χ3n) is 3.77. The first-order valence-electron chi connectivity index (χ1n) is 6.85. The van der Waals surface area contributed by atoms with E-state index in [0.29, 0.717) is 19.3 Å². The standard InChI is InChI=1S/C13H26N2O2/c1-11-10-15(5-6-17-8-7-16-2)13(9-14-11)12-3-4-12/h11-14H,3-10H2,1-2H3. The Balaban J connectivity index is 1.67. The van der Waals surface area contributed by atoms with Crippen molar-refractivity contribution in [3.05, 3.63) is 0 Å². The van der Waals surface area contributed by atoms with Gasteiger partial charge in [0.2, 0.25) is 0 Å². The van der Waals surface area contributed by atoms with Crippen LogP contribution in [0.5, 0.6) is 0 Å². The van der Waals surface area contributed by atoms with Gasteiger partial charge in [-0.2, -0.15) is 0 Å². The van der Waals surface area contributed by atoms with Gasteiger partial charge >= 0.3 is 0 Å². The van der Waals surface area contributed by atoms with Gasteiger partial charge in [0, 0.05) is 38.8 Å². The Morgan fingerprint density at radius 3 is 2.76 bits per heavy atom. The summed E-state index contributed by atoms with van der Waals surface area (Å²) in [6.07, 6.45) is 2.84. The summed E-state index contributed by atoms with van der Waals surface area (Å²) in [5, 5.41) is 3.59. The van der Waals surface area contributed by atoms with Crippen LogP contribution in [0.2, 0.25) is 0 Å². The lowest BCUT2D eigenvalue weighted by Crippen LogP contribution is -2.57. The quantitative estimate of drug-likeness (QED) is 0.667. The largest absolute Gasteiger partial charge is 0.382 e. The Hall–Kier alpha value is -0.160. The molecule has 0 amide bonds. The normalized spacial score (nSPS) is 30.7. The summed E-state index contributed by atoms with van der Waals surface area (Å²) in [5.74, 6) is 0.939. The van der Waals surface area contributed by atoms with E-state index >= 15 is 0 Å². The van der Waals surface area contributed by atoms with Gasteiger partial charge in [-0.25, -0.2) is 0 Å². The average Bonchev–Trinajstić information content (AvgIpc) is 3.13. The summed E-state index contributed by atoms with van der Waals surface area (Å²) in [5.41, 5.74) is 0. The second-order valence-electron chi connectivity index (χ2n) is 5.31. The molecule has 4 nitrogen and oxygen atoms in total. The minimum absolute atomic E-state index is 0.615. The summed E-state index contributed by atoms with van der Waals surface area (Å²) < 4.78 is 10.5. The van der Waals surface area contributed by atoms with Crippen LogP contribution >= 0.6 is 0 Å². The second kappa shape index (κ2) is 6.69. The molecule has 0 aromatic rings. The fraction of sp³-hybridized carbons (Fsp3) is 1.00. The maximum atomic E-state index is 5.57. The smallest absolute Gasteiger partial charge is 0.0700 e. The molecule has 2 rings (SSSR count). The van der Waals surface area contributed by atoms with Crippen LogP contribution in [0, 0.1) is 5.92 Å². The number of nitrogens with one attached hydrogen (secondary N) is 1. The van der Waals surface area contributed by atoms with Crippen LogP contribution in [0.3, 0.4) is 0 Å². The van der Waals surface area contributed by atoms with Gasteiger partial charge in [-0.05, 0) is 25.7 Å². The SMILES string of the molecule is COCCOCCN1CC(C)NCC1C1CC1. The van der Waals surface area contributed by atoms with E-state index in [0.717, 1.165) is 38.2 Å². The molecule has 1 heterocycles. The molecule has 1 aliphatic carbocycles. The van der Waals surface area contributed by atoms with Crippen molar-refractivity contribution in [2.45, 2.75) is 31.8 Å². The zero-order valence-corrected chi connectivity index (χ0v) is 11.2. The van der Waals surface area contributed by atoms with Crippen molar-refractivity contribution in [3.63, 3.8) is 0 Å². The molecule has 4 heteroatoms. The molecular weight excluding hydrogens is 216 g/mol. The van der Waals surface area contributed by atoms with Crippen molar-refractivity contribution in [3.8, 4) is 0 Å². The first-order chi connectivity index (χ1) is 8.31. The van der Waals surface area contributed by atoms with Gasteiger partial charge in [-0.3, -0.25) is 4.90 Å². The lowest BCUT2D eigenvalue weighted by Gasteiger charge is -2.39. The molecule has 1 saturated carbocycles. The van der Waals surface area contributed by atoms with Crippen molar-refractivity contribution in [2.24, 2.45) is 5.92 Å². The predicted molar refractivity (Wildman–Crippen MR) is 68.2 cm³/mol. The zero-order chi connectivity index (χ0) is 12.1. The fourth-order valence-corrected chi connectivity index (χ4v) is 2.63. The Labute approximate surface area is 105 Å². The summed E-state index contributed by atoms with van der Waals surface area (Å²) >= 11 is 0. The number of methoxy groups -OCH3 is 1. The molecule has 0 radical (unpaired) electrons. The molecule has 100 valence electrons. The topological polar surface area (TPSA) is 33.7 Å². The molecule has 1 saturated heterocycles. The third-order valence-corrected chi connectivity index (χ3v) is 3.77. The maximum absolute atomic E-state index is 5.57. The van der Waals surface area contributed by atoms with Crippen molar-refractivity contribution in [2.75, 3.05) is 46.6 Å². The number of piperazine rings is 1. The highest BCUT2D eigenvalue weighted by molar-refractivity contribution is 4.94. The Kier molecular flexibility index (Phi) is 5.22. The van der Waals surface area contributed by atoms with Crippen LogP contribution in [0.1, 0.15) is 19.8 Å². The molecule has 0 bridgehead atoms. The van der Waals surface area contributed by atoms with Crippen LogP contribution in [0.15, 0.2) is 0 Å². The average molecular weight is 242 g/mol. The van der Waals surface area contributed by atoms with E-state index in [9.17, 15) is 0 Å². The number of hydrogen-bond acceptors (Lipinski definition) is 4.